The van der Waals surface area contributed by atoms with Gasteiger partial charge in [0.25, 0.3) is 23.6 Å². The van der Waals surface area contributed by atoms with Crippen LogP contribution in [-0.4, -0.2) is 37.8 Å². The fourth-order valence-corrected chi connectivity index (χ4v) is 5.04. The van der Waals surface area contributed by atoms with Gasteiger partial charge in [-0.1, -0.05) is 12.1 Å². The van der Waals surface area contributed by atoms with Gasteiger partial charge in [0.05, 0.1) is 47.8 Å². The number of carbonyl (C=O) groups excluding carboxylic acids is 4. The lowest BCUT2D eigenvalue weighted by Crippen LogP contribution is -2.29. The summed E-state index contributed by atoms with van der Waals surface area (Å²) in [5, 5.41) is 0. The first kappa shape index (κ1) is 24.7. The van der Waals surface area contributed by atoms with E-state index in [0.717, 1.165) is 9.80 Å². The number of amides is 4. The number of benzene rings is 4. The summed E-state index contributed by atoms with van der Waals surface area (Å²) in [6.45, 7) is 0. The molecule has 0 atom stereocenters. The van der Waals surface area contributed by atoms with Crippen LogP contribution in [0.4, 0.5) is 22.7 Å². The summed E-state index contributed by atoms with van der Waals surface area (Å²) in [6.07, 6.45) is 0. The first-order valence-electron chi connectivity index (χ1n) is 12.2. The Hall–Kier alpha value is -5.64. The predicted molar refractivity (Wildman–Crippen MR) is 149 cm³/mol. The number of nitrogens with zero attached hydrogens (tertiary/aromatic N) is 2. The SMILES string of the molecule is COc1ccc(N)cc1N1C(=O)c2ccc(-c3ccc4c(c3)C(=O)N(c3cc(N)ccc3OC)C4=O)cc2C1=O. The number of rotatable bonds is 5. The molecule has 4 aromatic rings. The van der Waals surface area contributed by atoms with E-state index in [1.165, 1.54) is 26.4 Å². The Bertz CT molecular complexity index is 1670. The standard InChI is InChI=1S/C30H22N4O6/c1-39-25-9-5-17(31)13-23(25)33-27(35)19-7-3-15(11-21(19)29(33)37)16-4-8-20-22(12-16)30(38)34(28(20)36)24-14-18(32)6-10-26(24)40-2/h3-14H,31-32H2,1-2H3. The van der Waals surface area contributed by atoms with Crippen molar-refractivity contribution in [2.45, 2.75) is 0 Å². The highest BCUT2D eigenvalue weighted by atomic mass is 16.5. The molecular formula is C30H22N4O6. The molecule has 0 fully saturated rings. The Balaban J connectivity index is 1.37. The highest BCUT2D eigenvalue weighted by Crippen LogP contribution is 2.40. The van der Waals surface area contributed by atoms with E-state index in [2.05, 4.69) is 0 Å². The third-order valence-electron chi connectivity index (χ3n) is 6.99. The Morgan fingerprint density at radius 1 is 0.500 bits per heavy atom. The number of fused-ring (bicyclic) bond motifs is 2. The number of anilines is 4. The van der Waals surface area contributed by atoms with Crippen LogP contribution in [0.3, 0.4) is 0 Å². The molecule has 10 nitrogen and oxygen atoms in total. The Morgan fingerprint density at radius 3 is 1.25 bits per heavy atom. The largest absolute Gasteiger partial charge is 0.495 e. The number of imide groups is 2. The van der Waals surface area contributed by atoms with E-state index in [0.29, 0.717) is 34.0 Å². The molecule has 10 heteroatoms. The lowest BCUT2D eigenvalue weighted by molar-refractivity contribution is 0.0909. The molecule has 4 amide bonds. The number of nitrogens with two attached hydrogens (primary N) is 2. The van der Waals surface area contributed by atoms with Gasteiger partial charge in [0.1, 0.15) is 11.5 Å². The smallest absolute Gasteiger partial charge is 0.266 e. The molecule has 0 bridgehead atoms. The van der Waals surface area contributed by atoms with Gasteiger partial charge in [-0.05, 0) is 71.8 Å². The molecule has 2 heterocycles. The predicted octanol–water partition coefficient (Wildman–Crippen LogP) is 4.14. The van der Waals surface area contributed by atoms with E-state index in [1.807, 2.05) is 0 Å². The zero-order valence-corrected chi connectivity index (χ0v) is 21.4. The molecule has 2 aliphatic heterocycles. The van der Waals surface area contributed by atoms with Crippen LogP contribution in [-0.2, 0) is 0 Å². The van der Waals surface area contributed by atoms with Crippen LogP contribution in [0.15, 0.2) is 72.8 Å². The molecule has 198 valence electrons. The van der Waals surface area contributed by atoms with Gasteiger partial charge < -0.3 is 20.9 Å². The van der Waals surface area contributed by atoms with Gasteiger partial charge in [-0.2, -0.15) is 0 Å². The van der Waals surface area contributed by atoms with Gasteiger partial charge >= 0.3 is 0 Å². The molecule has 0 aromatic heterocycles. The summed E-state index contributed by atoms with van der Waals surface area (Å²) in [5.41, 5.74) is 15.1. The molecule has 0 aliphatic carbocycles. The molecule has 40 heavy (non-hydrogen) atoms. The van der Waals surface area contributed by atoms with E-state index >= 15 is 0 Å². The van der Waals surface area contributed by atoms with Crippen LogP contribution in [0.2, 0.25) is 0 Å². The van der Waals surface area contributed by atoms with Crippen molar-refractivity contribution in [3.63, 3.8) is 0 Å². The van der Waals surface area contributed by atoms with Crippen molar-refractivity contribution in [1.82, 2.24) is 0 Å². The Morgan fingerprint density at radius 2 is 0.875 bits per heavy atom. The van der Waals surface area contributed by atoms with Crippen LogP contribution in [0.5, 0.6) is 11.5 Å². The van der Waals surface area contributed by atoms with Gasteiger partial charge in [-0.25, -0.2) is 9.80 Å². The first-order chi connectivity index (χ1) is 19.2. The monoisotopic (exact) mass is 534 g/mol. The molecule has 6 rings (SSSR count). The quantitative estimate of drug-likeness (QED) is 0.287. The molecule has 2 aliphatic rings. The van der Waals surface area contributed by atoms with Gasteiger partial charge in [0.15, 0.2) is 0 Å². The average Bonchev–Trinajstić information content (AvgIpc) is 3.36. The molecule has 0 unspecified atom stereocenters. The van der Waals surface area contributed by atoms with Crippen molar-refractivity contribution < 1.29 is 28.7 Å². The van der Waals surface area contributed by atoms with Crippen molar-refractivity contribution in [3.05, 3.63) is 95.1 Å². The number of ether oxygens (including phenoxy) is 2. The summed E-state index contributed by atoms with van der Waals surface area (Å²) in [6, 6.07) is 19.1. The maximum Gasteiger partial charge on any atom is 0.266 e. The molecule has 0 spiro atoms. The van der Waals surface area contributed by atoms with E-state index in [9.17, 15) is 19.2 Å². The number of methoxy groups -OCH3 is 2. The minimum absolute atomic E-state index is 0.195. The van der Waals surface area contributed by atoms with Crippen molar-refractivity contribution in [2.24, 2.45) is 0 Å². The zero-order chi connectivity index (χ0) is 28.3. The number of hydrogen-bond acceptors (Lipinski definition) is 8. The van der Waals surface area contributed by atoms with Crippen LogP contribution in [0.1, 0.15) is 41.4 Å². The molecular weight excluding hydrogens is 512 g/mol. The molecule has 0 saturated carbocycles. The first-order valence-corrected chi connectivity index (χ1v) is 12.2. The number of nitrogen functional groups attached to an aromatic ring is 2. The van der Waals surface area contributed by atoms with E-state index in [1.54, 1.807) is 60.7 Å². The topological polar surface area (TPSA) is 145 Å². The second-order valence-corrected chi connectivity index (χ2v) is 9.27. The number of carbonyl (C=O) groups is 4. The van der Waals surface area contributed by atoms with Crippen molar-refractivity contribution >= 4 is 46.4 Å². The third kappa shape index (κ3) is 3.57. The normalized spacial score (nSPS) is 14.1. The second kappa shape index (κ2) is 8.98. The summed E-state index contributed by atoms with van der Waals surface area (Å²) in [7, 11) is 2.88. The van der Waals surface area contributed by atoms with Crippen LogP contribution < -0.4 is 30.7 Å². The average molecular weight is 535 g/mol. The van der Waals surface area contributed by atoms with Crippen molar-refractivity contribution in [3.8, 4) is 22.6 Å². The molecule has 4 N–H and O–H groups in total. The highest BCUT2D eigenvalue weighted by molar-refractivity contribution is 6.36. The summed E-state index contributed by atoms with van der Waals surface area (Å²) in [5.74, 6) is -1.41. The van der Waals surface area contributed by atoms with Crippen LogP contribution in [0, 0.1) is 0 Å². The second-order valence-electron chi connectivity index (χ2n) is 9.27. The number of hydrogen-bond donors (Lipinski definition) is 2. The minimum Gasteiger partial charge on any atom is -0.495 e. The zero-order valence-electron chi connectivity index (χ0n) is 21.4. The third-order valence-corrected chi connectivity index (χ3v) is 6.99. The molecule has 4 aromatic carbocycles. The maximum atomic E-state index is 13.4. The van der Waals surface area contributed by atoms with Crippen LogP contribution in [0.25, 0.3) is 11.1 Å². The maximum absolute atomic E-state index is 13.4. The Kier molecular flexibility index (Phi) is 5.54. The highest BCUT2D eigenvalue weighted by Gasteiger charge is 2.40. The summed E-state index contributed by atoms with van der Waals surface area (Å²) < 4.78 is 10.7. The van der Waals surface area contributed by atoms with Gasteiger partial charge in [0.2, 0.25) is 0 Å². The lowest BCUT2D eigenvalue weighted by atomic mass is 9.97. The van der Waals surface area contributed by atoms with Gasteiger partial charge in [-0.3, -0.25) is 19.2 Å². The fraction of sp³-hybridized carbons (Fsp3) is 0.0667. The molecule has 0 saturated heterocycles. The van der Waals surface area contributed by atoms with Gasteiger partial charge in [0, 0.05) is 11.4 Å². The Labute approximate surface area is 228 Å². The van der Waals surface area contributed by atoms with E-state index in [-0.39, 0.29) is 33.6 Å². The summed E-state index contributed by atoms with van der Waals surface area (Å²) >= 11 is 0. The molecule has 0 radical (unpaired) electrons. The lowest BCUT2D eigenvalue weighted by Gasteiger charge is -2.17. The van der Waals surface area contributed by atoms with Crippen molar-refractivity contribution in [1.29, 1.82) is 0 Å². The van der Waals surface area contributed by atoms with E-state index < -0.39 is 23.6 Å². The van der Waals surface area contributed by atoms with E-state index in [4.69, 9.17) is 20.9 Å². The fourth-order valence-electron chi connectivity index (χ4n) is 5.04. The van der Waals surface area contributed by atoms with Gasteiger partial charge in [-0.15, -0.1) is 0 Å². The minimum atomic E-state index is -0.530. The van der Waals surface area contributed by atoms with Crippen LogP contribution >= 0.6 is 0 Å². The summed E-state index contributed by atoms with van der Waals surface area (Å²) in [4.78, 5) is 55.3. The van der Waals surface area contributed by atoms with Crippen molar-refractivity contribution in [2.75, 3.05) is 35.5 Å².